The van der Waals surface area contributed by atoms with Crippen molar-refractivity contribution in [3.63, 3.8) is 0 Å². The van der Waals surface area contributed by atoms with Crippen LogP contribution in [-0.4, -0.2) is 27.0 Å². The van der Waals surface area contributed by atoms with E-state index < -0.39 is 0 Å². The van der Waals surface area contributed by atoms with E-state index >= 15 is 0 Å². The van der Waals surface area contributed by atoms with E-state index in [1.807, 2.05) is 24.9 Å². The average Bonchev–Trinajstić information content (AvgIpc) is 2.44. The smallest absolute Gasteiger partial charge is 0.0537 e. The second-order valence-corrected chi connectivity index (χ2v) is 4.25. The molecular weight excluding hydrogens is 190 g/mol. The van der Waals surface area contributed by atoms with E-state index in [-0.39, 0.29) is 6.10 Å². The fourth-order valence-electron chi connectivity index (χ4n) is 1.60. The van der Waals surface area contributed by atoms with E-state index in [2.05, 4.69) is 24.3 Å². The van der Waals surface area contributed by atoms with Crippen molar-refractivity contribution in [1.29, 1.82) is 0 Å². The van der Waals surface area contributed by atoms with Crippen LogP contribution < -0.4 is 5.32 Å². The number of rotatable bonds is 5. The highest BCUT2D eigenvalue weighted by molar-refractivity contribution is 5.15. The molecule has 1 rings (SSSR count). The van der Waals surface area contributed by atoms with Gasteiger partial charge in [0, 0.05) is 30.9 Å². The predicted molar refractivity (Wildman–Crippen MR) is 60.5 cm³/mol. The molecule has 0 saturated heterocycles. The molecule has 0 aromatic carbocycles. The van der Waals surface area contributed by atoms with Crippen molar-refractivity contribution in [2.24, 2.45) is 7.05 Å². The van der Waals surface area contributed by atoms with Gasteiger partial charge in [0.15, 0.2) is 0 Å². The van der Waals surface area contributed by atoms with Gasteiger partial charge < -0.3 is 10.4 Å². The molecule has 4 nitrogen and oxygen atoms in total. The molecule has 1 aromatic rings. The van der Waals surface area contributed by atoms with Crippen molar-refractivity contribution >= 4 is 0 Å². The molecule has 1 aromatic heterocycles. The molecule has 0 amide bonds. The minimum absolute atomic E-state index is 0.248. The highest BCUT2D eigenvalue weighted by atomic mass is 16.3. The Balaban J connectivity index is 2.40. The molecule has 0 aliphatic rings. The summed E-state index contributed by atoms with van der Waals surface area (Å²) in [5, 5.41) is 16.8. The van der Waals surface area contributed by atoms with Crippen LogP contribution in [0.4, 0.5) is 0 Å². The third kappa shape index (κ3) is 3.64. The Hall–Kier alpha value is -0.870. The summed E-state index contributed by atoms with van der Waals surface area (Å²) in [6.45, 7) is 6.77. The van der Waals surface area contributed by atoms with Crippen molar-refractivity contribution < 1.29 is 5.11 Å². The molecular formula is C11H21N3O. The number of aromatic nitrogens is 2. The molecule has 2 atom stereocenters. The van der Waals surface area contributed by atoms with Gasteiger partial charge in [-0.05, 0) is 27.2 Å². The van der Waals surface area contributed by atoms with Gasteiger partial charge in [-0.15, -0.1) is 0 Å². The first-order valence-electron chi connectivity index (χ1n) is 5.39. The summed E-state index contributed by atoms with van der Waals surface area (Å²) in [7, 11) is 1.94. The number of nitrogens with one attached hydrogen (secondary N) is 1. The SMILES string of the molecule is Cc1c(CNC(C)CC(C)O)cnn1C. The van der Waals surface area contributed by atoms with Crippen LogP contribution >= 0.6 is 0 Å². The van der Waals surface area contributed by atoms with Gasteiger partial charge in [-0.2, -0.15) is 5.10 Å². The first-order valence-corrected chi connectivity index (χ1v) is 5.39. The van der Waals surface area contributed by atoms with Crippen molar-refractivity contribution in [1.82, 2.24) is 15.1 Å². The largest absolute Gasteiger partial charge is 0.393 e. The molecule has 1 heterocycles. The second kappa shape index (κ2) is 5.28. The van der Waals surface area contributed by atoms with Crippen molar-refractivity contribution in [2.75, 3.05) is 0 Å². The summed E-state index contributed by atoms with van der Waals surface area (Å²) >= 11 is 0. The van der Waals surface area contributed by atoms with E-state index in [1.165, 1.54) is 11.3 Å². The number of aryl methyl sites for hydroxylation is 1. The van der Waals surface area contributed by atoms with Crippen LogP contribution in [-0.2, 0) is 13.6 Å². The molecule has 0 saturated carbocycles. The number of aliphatic hydroxyl groups is 1. The van der Waals surface area contributed by atoms with Gasteiger partial charge in [-0.25, -0.2) is 0 Å². The molecule has 0 aliphatic carbocycles. The van der Waals surface area contributed by atoms with Crippen LogP contribution in [0.25, 0.3) is 0 Å². The topological polar surface area (TPSA) is 50.1 Å². The zero-order chi connectivity index (χ0) is 11.4. The molecule has 2 unspecified atom stereocenters. The van der Waals surface area contributed by atoms with Crippen molar-refractivity contribution in [2.45, 2.75) is 45.9 Å². The highest BCUT2D eigenvalue weighted by Gasteiger charge is 2.07. The standard InChI is InChI=1S/C11H21N3O/c1-8(5-9(2)15)12-6-11-7-13-14(4)10(11)3/h7-9,12,15H,5-6H2,1-4H3. The van der Waals surface area contributed by atoms with Gasteiger partial charge in [0.2, 0.25) is 0 Å². The Labute approximate surface area is 91.3 Å². The maximum absolute atomic E-state index is 9.22. The van der Waals surface area contributed by atoms with E-state index in [1.54, 1.807) is 0 Å². The van der Waals surface area contributed by atoms with Crippen molar-refractivity contribution in [3.05, 3.63) is 17.5 Å². The summed E-state index contributed by atoms with van der Waals surface area (Å²) in [5.74, 6) is 0. The Kier molecular flexibility index (Phi) is 4.29. The third-order valence-corrected chi connectivity index (χ3v) is 2.67. The number of aliphatic hydroxyl groups excluding tert-OH is 1. The molecule has 0 spiro atoms. The summed E-state index contributed by atoms with van der Waals surface area (Å²) in [6.07, 6.45) is 2.42. The lowest BCUT2D eigenvalue weighted by Gasteiger charge is -2.15. The van der Waals surface area contributed by atoms with E-state index in [0.29, 0.717) is 6.04 Å². The third-order valence-electron chi connectivity index (χ3n) is 2.67. The summed E-state index contributed by atoms with van der Waals surface area (Å²) < 4.78 is 1.87. The lowest BCUT2D eigenvalue weighted by Crippen LogP contribution is -2.28. The Morgan fingerprint density at radius 1 is 1.53 bits per heavy atom. The zero-order valence-electron chi connectivity index (χ0n) is 9.99. The van der Waals surface area contributed by atoms with Crippen LogP contribution in [0.2, 0.25) is 0 Å². The van der Waals surface area contributed by atoms with Crippen LogP contribution in [0.15, 0.2) is 6.20 Å². The van der Waals surface area contributed by atoms with Crippen LogP contribution in [0.3, 0.4) is 0 Å². The molecule has 4 heteroatoms. The van der Waals surface area contributed by atoms with Gasteiger partial charge >= 0.3 is 0 Å². The highest BCUT2D eigenvalue weighted by Crippen LogP contribution is 2.06. The van der Waals surface area contributed by atoms with E-state index in [9.17, 15) is 5.11 Å². The fraction of sp³-hybridized carbons (Fsp3) is 0.727. The van der Waals surface area contributed by atoms with Gasteiger partial charge in [0.05, 0.1) is 12.3 Å². The Bertz CT molecular complexity index is 307. The molecule has 0 radical (unpaired) electrons. The summed E-state index contributed by atoms with van der Waals surface area (Å²) in [4.78, 5) is 0. The minimum atomic E-state index is -0.248. The lowest BCUT2D eigenvalue weighted by atomic mass is 10.1. The number of hydrogen-bond donors (Lipinski definition) is 2. The van der Waals surface area contributed by atoms with Gasteiger partial charge in [0.25, 0.3) is 0 Å². The normalized spacial score (nSPS) is 15.3. The monoisotopic (exact) mass is 211 g/mol. The minimum Gasteiger partial charge on any atom is -0.393 e. The molecule has 0 fully saturated rings. The summed E-state index contributed by atoms with van der Waals surface area (Å²) in [6, 6.07) is 0.324. The summed E-state index contributed by atoms with van der Waals surface area (Å²) in [5.41, 5.74) is 2.40. The number of hydrogen-bond acceptors (Lipinski definition) is 3. The number of nitrogens with zero attached hydrogens (tertiary/aromatic N) is 2. The maximum atomic E-state index is 9.22. The average molecular weight is 211 g/mol. The quantitative estimate of drug-likeness (QED) is 0.763. The van der Waals surface area contributed by atoms with Gasteiger partial charge in [-0.1, -0.05) is 0 Å². The van der Waals surface area contributed by atoms with Gasteiger partial charge in [-0.3, -0.25) is 4.68 Å². The van der Waals surface area contributed by atoms with E-state index in [0.717, 1.165) is 13.0 Å². The van der Waals surface area contributed by atoms with Gasteiger partial charge in [0.1, 0.15) is 0 Å². The molecule has 0 bridgehead atoms. The zero-order valence-corrected chi connectivity index (χ0v) is 9.99. The second-order valence-electron chi connectivity index (χ2n) is 4.25. The first-order chi connectivity index (χ1) is 7.00. The molecule has 0 aliphatic heterocycles. The Morgan fingerprint density at radius 2 is 2.20 bits per heavy atom. The lowest BCUT2D eigenvalue weighted by molar-refractivity contribution is 0.170. The fourth-order valence-corrected chi connectivity index (χ4v) is 1.60. The predicted octanol–water partition coefficient (Wildman–Crippen LogP) is 0.978. The Morgan fingerprint density at radius 3 is 2.67 bits per heavy atom. The molecule has 15 heavy (non-hydrogen) atoms. The van der Waals surface area contributed by atoms with Crippen LogP contribution in [0, 0.1) is 6.92 Å². The molecule has 86 valence electrons. The van der Waals surface area contributed by atoms with Crippen LogP contribution in [0.1, 0.15) is 31.5 Å². The first kappa shape index (κ1) is 12.2. The molecule has 2 N–H and O–H groups in total. The van der Waals surface area contributed by atoms with E-state index in [4.69, 9.17) is 0 Å². The van der Waals surface area contributed by atoms with Crippen LogP contribution in [0.5, 0.6) is 0 Å². The van der Waals surface area contributed by atoms with Crippen molar-refractivity contribution in [3.8, 4) is 0 Å². The maximum Gasteiger partial charge on any atom is 0.0537 e.